The highest BCUT2D eigenvalue weighted by atomic mass is 16.5. The Morgan fingerprint density at radius 1 is 0.871 bits per heavy atom. The van der Waals surface area contributed by atoms with Gasteiger partial charge in [0.2, 0.25) is 0 Å². The third kappa shape index (κ3) is 4.62. The predicted molar refractivity (Wildman–Crippen MR) is 118 cm³/mol. The van der Waals surface area contributed by atoms with Gasteiger partial charge in [0, 0.05) is 38.3 Å². The molecule has 0 bridgehead atoms. The van der Waals surface area contributed by atoms with Gasteiger partial charge in [0.15, 0.2) is 17.3 Å². The Kier molecular flexibility index (Phi) is 6.63. The number of ketones is 1. The summed E-state index contributed by atoms with van der Waals surface area (Å²) in [6, 6.07) is 11.3. The molecule has 0 radical (unpaired) electrons. The van der Waals surface area contributed by atoms with Crippen LogP contribution < -0.4 is 18.9 Å². The second-order valence-electron chi connectivity index (χ2n) is 7.85. The van der Waals surface area contributed by atoms with E-state index in [1.165, 1.54) is 0 Å². The number of ether oxygens (including phenoxy) is 4. The Balaban J connectivity index is 1.27. The maximum atomic E-state index is 13.0. The van der Waals surface area contributed by atoms with Gasteiger partial charge in [0.25, 0.3) is 0 Å². The molecule has 2 aliphatic rings. The number of methoxy groups -OCH3 is 3. The topological polar surface area (TPSA) is 60.5 Å². The van der Waals surface area contributed by atoms with Crippen LogP contribution in [-0.2, 0) is 6.42 Å². The molecule has 1 fully saturated rings. The van der Waals surface area contributed by atoms with Crippen LogP contribution in [-0.4, -0.2) is 82.3 Å². The fraction of sp³-hybridized carbons (Fsp3) is 0.458. The van der Waals surface area contributed by atoms with Gasteiger partial charge in [-0.15, -0.1) is 0 Å². The van der Waals surface area contributed by atoms with Gasteiger partial charge in [-0.05, 0) is 48.4 Å². The summed E-state index contributed by atoms with van der Waals surface area (Å²) < 4.78 is 21.8. The molecule has 166 valence electrons. The van der Waals surface area contributed by atoms with Gasteiger partial charge in [-0.3, -0.25) is 14.6 Å². The number of nitrogens with zero attached hydrogens (tertiary/aromatic N) is 2. The highest BCUT2D eigenvalue weighted by Gasteiger charge is 2.37. The molecule has 2 aromatic carbocycles. The zero-order valence-corrected chi connectivity index (χ0v) is 18.4. The van der Waals surface area contributed by atoms with Gasteiger partial charge < -0.3 is 18.9 Å². The van der Waals surface area contributed by atoms with Crippen molar-refractivity contribution in [3.8, 4) is 23.0 Å². The summed E-state index contributed by atoms with van der Waals surface area (Å²) in [5, 5.41) is 0. The van der Waals surface area contributed by atoms with E-state index in [2.05, 4.69) is 9.80 Å². The molecule has 1 aliphatic carbocycles. The Hall–Kier alpha value is -2.77. The summed E-state index contributed by atoms with van der Waals surface area (Å²) >= 11 is 0. The summed E-state index contributed by atoms with van der Waals surface area (Å²) in [5.41, 5.74) is 1.81. The predicted octanol–water partition coefficient (Wildman–Crippen LogP) is 2.52. The lowest BCUT2D eigenvalue weighted by molar-refractivity contribution is 0.0667. The minimum absolute atomic E-state index is 0.0930. The second kappa shape index (κ2) is 9.58. The number of Topliss-reactive ketones (excluding diaryl/α,β-unsaturated/α-hetero) is 1. The fourth-order valence-corrected chi connectivity index (χ4v) is 4.36. The number of benzene rings is 2. The van der Waals surface area contributed by atoms with E-state index in [4.69, 9.17) is 18.9 Å². The monoisotopic (exact) mass is 426 g/mol. The SMILES string of the molecule is COc1ccc(OCCN2CCN(C3Cc4cc(OC)c(OC)cc4C3=O)CC2)cc1. The van der Waals surface area contributed by atoms with Crippen LogP contribution in [0.5, 0.6) is 23.0 Å². The van der Waals surface area contributed by atoms with Crippen molar-refractivity contribution in [2.45, 2.75) is 12.5 Å². The van der Waals surface area contributed by atoms with Crippen LogP contribution in [0.3, 0.4) is 0 Å². The molecule has 0 N–H and O–H groups in total. The Morgan fingerprint density at radius 3 is 2.16 bits per heavy atom. The number of hydrogen-bond acceptors (Lipinski definition) is 7. The maximum Gasteiger partial charge on any atom is 0.180 e. The van der Waals surface area contributed by atoms with Crippen LogP contribution in [0.1, 0.15) is 15.9 Å². The van der Waals surface area contributed by atoms with Gasteiger partial charge in [0.1, 0.15) is 18.1 Å². The molecule has 1 unspecified atom stereocenters. The maximum absolute atomic E-state index is 13.0. The lowest BCUT2D eigenvalue weighted by Gasteiger charge is -2.37. The summed E-state index contributed by atoms with van der Waals surface area (Å²) in [6.45, 7) is 5.12. The van der Waals surface area contributed by atoms with Crippen molar-refractivity contribution in [1.29, 1.82) is 0 Å². The van der Waals surface area contributed by atoms with E-state index in [0.717, 1.165) is 61.8 Å². The quantitative estimate of drug-likeness (QED) is 0.643. The second-order valence-corrected chi connectivity index (χ2v) is 7.85. The molecule has 1 heterocycles. The molecule has 1 aliphatic heterocycles. The van der Waals surface area contributed by atoms with Crippen LogP contribution in [0.15, 0.2) is 36.4 Å². The first-order chi connectivity index (χ1) is 15.1. The molecule has 1 saturated heterocycles. The third-order valence-corrected chi connectivity index (χ3v) is 6.17. The van der Waals surface area contributed by atoms with Gasteiger partial charge >= 0.3 is 0 Å². The largest absolute Gasteiger partial charge is 0.497 e. The van der Waals surface area contributed by atoms with E-state index in [1.54, 1.807) is 21.3 Å². The van der Waals surface area contributed by atoms with Crippen LogP contribution in [0.2, 0.25) is 0 Å². The highest BCUT2D eigenvalue weighted by molar-refractivity contribution is 6.05. The number of piperazine rings is 1. The normalized spacial score (nSPS) is 19.2. The third-order valence-electron chi connectivity index (χ3n) is 6.17. The first kappa shape index (κ1) is 21.5. The number of carbonyl (C=O) groups excluding carboxylic acids is 1. The number of hydrogen-bond donors (Lipinski definition) is 0. The minimum Gasteiger partial charge on any atom is -0.497 e. The molecule has 2 aromatic rings. The van der Waals surface area contributed by atoms with E-state index in [-0.39, 0.29) is 11.8 Å². The van der Waals surface area contributed by atoms with Crippen LogP contribution in [0.4, 0.5) is 0 Å². The van der Waals surface area contributed by atoms with E-state index in [1.807, 2.05) is 36.4 Å². The Bertz CT molecular complexity index is 907. The van der Waals surface area contributed by atoms with Crippen molar-refractivity contribution in [3.63, 3.8) is 0 Å². The van der Waals surface area contributed by atoms with E-state index in [9.17, 15) is 4.79 Å². The Morgan fingerprint density at radius 2 is 1.52 bits per heavy atom. The highest BCUT2D eigenvalue weighted by Crippen LogP contribution is 2.36. The van der Waals surface area contributed by atoms with Crippen LogP contribution in [0.25, 0.3) is 0 Å². The molecule has 1 atom stereocenters. The van der Waals surface area contributed by atoms with Crippen molar-refractivity contribution >= 4 is 5.78 Å². The summed E-state index contributed by atoms with van der Waals surface area (Å²) in [6.07, 6.45) is 0.731. The van der Waals surface area contributed by atoms with E-state index in [0.29, 0.717) is 18.1 Å². The molecule has 0 amide bonds. The molecule has 0 aromatic heterocycles. The standard InChI is InChI=1S/C24H30N2O5/c1-28-18-4-6-19(7-5-18)31-13-12-25-8-10-26(11-9-25)21-14-17-15-22(29-2)23(30-3)16-20(17)24(21)27/h4-7,15-16,21H,8-14H2,1-3H3. The summed E-state index contributed by atoms with van der Waals surface area (Å²) in [5.74, 6) is 3.14. The molecule has 0 spiro atoms. The smallest absolute Gasteiger partial charge is 0.180 e. The van der Waals surface area contributed by atoms with Gasteiger partial charge in [-0.25, -0.2) is 0 Å². The van der Waals surface area contributed by atoms with Gasteiger partial charge in [-0.2, -0.15) is 0 Å². The zero-order valence-electron chi connectivity index (χ0n) is 18.4. The first-order valence-corrected chi connectivity index (χ1v) is 10.6. The van der Waals surface area contributed by atoms with Crippen molar-refractivity contribution in [2.24, 2.45) is 0 Å². The van der Waals surface area contributed by atoms with Crippen molar-refractivity contribution in [2.75, 3.05) is 60.7 Å². The number of rotatable bonds is 8. The van der Waals surface area contributed by atoms with E-state index >= 15 is 0 Å². The van der Waals surface area contributed by atoms with Crippen LogP contribution in [0, 0.1) is 0 Å². The average Bonchev–Trinajstić information content (AvgIpc) is 3.14. The zero-order chi connectivity index (χ0) is 21.8. The van der Waals surface area contributed by atoms with E-state index < -0.39 is 0 Å². The lowest BCUT2D eigenvalue weighted by atomic mass is 10.1. The number of fused-ring (bicyclic) bond motifs is 1. The minimum atomic E-state index is -0.0930. The average molecular weight is 427 g/mol. The first-order valence-electron chi connectivity index (χ1n) is 10.6. The molecular weight excluding hydrogens is 396 g/mol. The van der Waals surface area contributed by atoms with Gasteiger partial charge in [-0.1, -0.05) is 0 Å². The summed E-state index contributed by atoms with van der Waals surface area (Å²) in [4.78, 5) is 17.7. The summed E-state index contributed by atoms with van der Waals surface area (Å²) in [7, 11) is 4.87. The van der Waals surface area contributed by atoms with Crippen molar-refractivity contribution < 1.29 is 23.7 Å². The molecule has 31 heavy (non-hydrogen) atoms. The van der Waals surface area contributed by atoms with Gasteiger partial charge in [0.05, 0.1) is 27.4 Å². The number of carbonyl (C=O) groups is 1. The van der Waals surface area contributed by atoms with Crippen LogP contribution >= 0.6 is 0 Å². The fourth-order valence-electron chi connectivity index (χ4n) is 4.36. The Labute approximate surface area is 183 Å². The van der Waals surface area contributed by atoms with Crippen molar-refractivity contribution in [1.82, 2.24) is 9.80 Å². The molecule has 0 saturated carbocycles. The lowest BCUT2D eigenvalue weighted by Crippen LogP contribution is -2.52. The molecule has 7 heteroatoms. The van der Waals surface area contributed by atoms with Crippen molar-refractivity contribution in [3.05, 3.63) is 47.5 Å². The molecule has 4 rings (SSSR count). The molecular formula is C24H30N2O5. The molecule has 7 nitrogen and oxygen atoms in total.